The molecule has 0 heterocycles. The predicted molar refractivity (Wildman–Crippen MR) is 90.3 cm³/mol. The summed E-state index contributed by atoms with van der Waals surface area (Å²) in [6.45, 7) is 1.66. The van der Waals surface area contributed by atoms with E-state index in [1.807, 2.05) is 24.3 Å². The number of hydrogen-bond acceptors (Lipinski definition) is 4. The molecule has 1 N–H and O–H groups in total. The maximum atomic E-state index is 11.8. The third-order valence-corrected chi connectivity index (χ3v) is 3.28. The van der Waals surface area contributed by atoms with Crippen molar-refractivity contribution in [1.29, 1.82) is 0 Å². The quantitative estimate of drug-likeness (QED) is 0.652. The number of methoxy groups -OCH3 is 1. The standard InChI is InChI=1S/C17H17ClN2O3/c1-12(15-5-3-4-6-16(15)22-2)19-20-17(21)11-23-14-9-7-13(18)8-10-14/h3-10H,11H2,1-2H3,(H,20,21)/b19-12-. The first-order valence-corrected chi connectivity index (χ1v) is 7.33. The second kappa shape index (κ2) is 8.19. The van der Waals surface area contributed by atoms with Crippen molar-refractivity contribution in [3.63, 3.8) is 0 Å². The minimum absolute atomic E-state index is 0.135. The first kappa shape index (κ1) is 16.8. The molecule has 0 unspecified atom stereocenters. The van der Waals surface area contributed by atoms with Gasteiger partial charge in [-0.25, -0.2) is 5.43 Å². The average molecular weight is 333 g/mol. The van der Waals surface area contributed by atoms with Crippen molar-refractivity contribution in [1.82, 2.24) is 5.43 Å². The van der Waals surface area contributed by atoms with Crippen LogP contribution >= 0.6 is 11.6 Å². The molecular formula is C17H17ClN2O3. The molecule has 0 atom stereocenters. The van der Waals surface area contributed by atoms with Gasteiger partial charge in [0.1, 0.15) is 11.5 Å². The van der Waals surface area contributed by atoms with Gasteiger partial charge in [0.05, 0.1) is 12.8 Å². The number of hydrogen-bond donors (Lipinski definition) is 1. The van der Waals surface area contributed by atoms with E-state index in [0.29, 0.717) is 22.2 Å². The number of rotatable bonds is 6. The third kappa shape index (κ3) is 5.00. The van der Waals surface area contributed by atoms with Crippen molar-refractivity contribution in [2.24, 2.45) is 5.10 Å². The van der Waals surface area contributed by atoms with Crippen LogP contribution in [0.4, 0.5) is 0 Å². The van der Waals surface area contributed by atoms with Crippen molar-refractivity contribution in [2.75, 3.05) is 13.7 Å². The number of carbonyl (C=O) groups excluding carboxylic acids is 1. The maximum Gasteiger partial charge on any atom is 0.277 e. The molecule has 6 heteroatoms. The number of amides is 1. The Hall–Kier alpha value is -2.53. The molecule has 1 amide bonds. The molecule has 0 saturated heterocycles. The summed E-state index contributed by atoms with van der Waals surface area (Å²) in [5.41, 5.74) is 3.91. The summed E-state index contributed by atoms with van der Waals surface area (Å²) in [6.07, 6.45) is 0. The molecule has 0 aliphatic rings. The van der Waals surface area contributed by atoms with Gasteiger partial charge in [0.2, 0.25) is 0 Å². The molecule has 0 aliphatic heterocycles. The minimum atomic E-state index is -0.353. The molecule has 0 aliphatic carbocycles. The van der Waals surface area contributed by atoms with Gasteiger partial charge in [-0.1, -0.05) is 23.7 Å². The van der Waals surface area contributed by atoms with E-state index < -0.39 is 0 Å². The van der Waals surface area contributed by atoms with E-state index >= 15 is 0 Å². The molecule has 0 spiro atoms. The summed E-state index contributed by atoms with van der Waals surface area (Å²) in [5.74, 6) is 0.907. The van der Waals surface area contributed by atoms with Gasteiger partial charge in [0.25, 0.3) is 5.91 Å². The van der Waals surface area contributed by atoms with E-state index in [9.17, 15) is 4.79 Å². The van der Waals surface area contributed by atoms with Crippen LogP contribution in [-0.2, 0) is 4.79 Å². The molecule has 0 fully saturated rings. The Kier molecular flexibility index (Phi) is 6.00. The van der Waals surface area contributed by atoms with E-state index in [-0.39, 0.29) is 12.5 Å². The lowest BCUT2D eigenvalue weighted by molar-refractivity contribution is -0.123. The molecule has 0 radical (unpaired) electrons. The van der Waals surface area contributed by atoms with Crippen LogP contribution in [0.15, 0.2) is 53.6 Å². The second-order valence-electron chi connectivity index (χ2n) is 4.68. The molecule has 23 heavy (non-hydrogen) atoms. The minimum Gasteiger partial charge on any atom is -0.496 e. The summed E-state index contributed by atoms with van der Waals surface area (Å²) in [5, 5.41) is 4.68. The van der Waals surface area contributed by atoms with Gasteiger partial charge >= 0.3 is 0 Å². The molecule has 0 aromatic heterocycles. The van der Waals surface area contributed by atoms with Gasteiger partial charge < -0.3 is 9.47 Å². The van der Waals surface area contributed by atoms with Gasteiger partial charge in [-0.05, 0) is 43.3 Å². The van der Waals surface area contributed by atoms with Crippen LogP contribution in [0.25, 0.3) is 0 Å². The summed E-state index contributed by atoms with van der Waals surface area (Å²) in [7, 11) is 1.59. The Balaban J connectivity index is 1.91. The highest BCUT2D eigenvalue weighted by molar-refractivity contribution is 6.30. The largest absolute Gasteiger partial charge is 0.496 e. The number of ether oxygens (including phenoxy) is 2. The van der Waals surface area contributed by atoms with Crippen molar-refractivity contribution in [3.05, 3.63) is 59.1 Å². The lowest BCUT2D eigenvalue weighted by atomic mass is 10.1. The summed E-state index contributed by atoms with van der Waals surface area (Å²) < 4.78 is 10.6. The van der Waals surface area contributed by atoms with Gasteiger partial charge in [-0.3, -0.25) is 4.79 Å². The smallest absolute Gasteiger partial charge is 0.277 e. The predicted octanol–water partition coefficient (Wildman–Crippen LogP) is 3.27. The zero-order valence-electron chi connectivity index (χ0n) is 12.9. The highest BCUT2D eigenvalue weighted by Crippen LogP contribution is 2.18. The van der Waals surface area contributed by atoms with Gasteiger partial charge in [0, 0.05) is 10.6 Å². The Morgan fingerprint density at radius 3 is 2.57 bits per heavy atom. The Labute approximate surface area is 139 Å². The highest BCUT2D eigenvalue weighted by Gasteiger charge is 2.06. The van der Waals surface area contributed by atoms with Crippen LogP contribution in [-0.4, -0.2) is 25.3 Å². The van der Waals surface area contributed by atoms with Crippen LogP contribution in [0, 0.1) is 0 Å². The topological polar surface area (TPSA) is 59.9 Å². The average Bonchev–Trinajstić information content (AvgIpc) is 2.59. The molecule has 2 aromatic rings. The normalized spacial score (nSPS) is 11.0. The first-order valence-electron chi connectivity index (χ1n) is 6.95. The number of nitrogens with one attached hydrogen (secondary N) is 1. The molecular weight excluding hydrogens is 316 g/mol. The number of para-hydroxylation sites is 1. The third-order valence-electron chi connectivity index (χ3n) is 3.03. The van der Waals surface area contributed by atoms with Gasteiger partial charge in [-0.2, -0.15) is 5.10 Å². The van der Waals surface area contributed by atoms with Crippen LogP contribution in [0.3, 0.4) is 0 Å². The number of hydrazone groups is 1. The molecule has 2 aromatic carbocycles. The SMILES string of the molecule is COc1ccccc1/C(C)=N\NC(=O)COc1ccc(Cl)cc1. The molecule has 2 rings (SSSR count). The van der Waals surface area contributed by atoms with E-state index in [0.717, 1.165) is 5.56 Å². The van der Waals surface area contributed by atoms with E-state index in [1.54, 1.807) is 38.3 Å². The lowest BCUT2D eigenvalue weighted by Gasteiger charge is -2.08. The molecule has 5 nitrogen and oxygen atoms in total. The molecule has 120 valence electrons. The van der Waals surface area contributed by atoms with Crippen LogP contribution in [0.2, 0.25) is 5.02 Å². The molecule has 0 bridgehead atoms. The Bertz CT molecular complexity index is 699. The first-order chi connectivity index (χ1) is 11.1. The maximum absolute atomic E-state index is 11.8. The summed E-state index contributed by atoms with van der Waals surface area (Å²) in [6, 6.07) is 14.2. The fraction of sp³-hybridized carbons (Fsp3) is 0.176. The number of carbonyl (C=O) groups is 1. The summed E-state index contributed by atoms with van der Waals surface area (Å²) in [4.78, 5) is 11.8. The van der Waals surface area contributed by atoms with Gasteiger partial charge in [-0.15, -0.1) is 0 Å². The van der Waals surface area contributed by atoms with Crippen molar-refractivity contribution >= 4 is 23.2 Å². The fourth-order valence-electron chi connectivity index (χ4n) is 1.86. The van der Waals surface area contributed by atoms with Crippen molar-refractivity contribution in [2.45, 2.75) is 6.92 Å². The number of nitrogens with zero attached hydrogens (tertiary/aromatic N) is 1. The summed E-state index contributed by atoms with van der Waals surface area (Å²) >= 11 is 5.78. The van der Waals surface area contributed by atoms with Crippen LogP contribution in [0.5, 0.6) is 11.5 Å². The van der Waals surface area contributed by atoms with E-state index in [4.69, 9.17) is 21.1 Å². The van der Waals surface area contributed by atoms with Crippen molar-refractivity contribution < 1.29 is 14.3 Å². The number of halogens is 1. The van der Waals surface area contributed by atoms with Gasteiger partial charge in [0.15, 0.2) is 6.61 Å². The Morgan fingerprint density at radius 1 is 1.17 bits per heavy atom. The lowest BCUT2D eigenvalue weighted by Crippen LogP contribution is -2.25. The molecule has 0 saturated carbocycles. The fourth-order valence-corrected chi connectivity index (χ4v) is 1.99. The van der Waals surface area contributed by atoms with E-state index in [1.165, 1.54) is 0 Å². The van der Waals surface area contributed by atoms with E-state index in [2.05, 4.69) is 10.5 Å². The Morgan fingerprint density at radius 2 is 1.87 bits per heavy atom. The second-order valence-corrected chi connectivity index (χ2v) is 5.11. The highest BCUT2D eigenvalue weighted by atomic mass is 35.5. The monoisotopic (exact) mass is 332 g/mol. The van der Waals surface area contributed by atoms with Crippen LogP contribution < -0.4 is 14.9 Å². The number of benzene rings is 2. The van der Waals surface area contributed by atoms with Crippen LogP contribution in [0.1, 0.15) is 12.5 Å². The zero-order chi connectivity index (χ0) is 16.7. The zero-order valence-corrected chi connectivity index (χ0v) is 13.6. The van der Waals surface area contributed by atoms with Crippen molar-refractivity contribution in [3.8, 4) is 11.5 Å².